The van der Waals surface area contributed by atoms with Crippen LogP contribution in [0.15, 0.2) is 0 Å². The van der Waals surface area contributed by atoms with E-state index in [4.69, 9.17) is 10.5 Å². The SMILES string of the molecule is COC1CCN(C2CCNCC2N)CC1. The zero-order valence-electron chi connectivity index (χ0n) is 9.61. The van der Waals surface area contributed by atoms with E-state index in [9.17, 15) is 0 Å². The lowest BCUT2D eigenvalue weighted by molar-refractivity contribution is 0.0186. The Kier molecular flexibility index (Phi) is 3.97. The first-order valence-corrected chi connectivity index (χ1v) is 6.04. The largest absolute Gasteiger partial charge is 0.381 e. The van der Waals surface area contributed by atoms with Crippen molar-refractivity contribution in [2.24, 2.45) is 5.73 Å². The molecule has 0 aliphatic carbocycles. The van der Waals surface area contributed by atoms with E-state index in [1.807, 2.05) is 7.11 Å². The highest BCUT2D eigenvalue weighted by Gasteiger charge is 2.30. The number of hydrogen-bond acceptors (Lipinski definition) is 4. The molecular weight excluding hydrogens is 190 g/mol. The van der Waals surface area contributed by atoms with Crippen LogP contribution in [0.4, 0.5) is 0 Å². The molecule has 0 saturated carbocycles. The molecule has 4 nitrogen and oxygen atoms in total. The van der Waals surface area contributed by atoms with E-state index in [1.54, 1.807) is 0 Å². The number of rotatable bonds is 2. The third-order valence-corrected chi connectivity index (χ3v) is 3.77. The Bertz CT molecular complexity index is 192. The second-order valence-electron chi connectivity index (χ2n) is 4.70. The van der Waals surface area contributed by atoms with Gasteiger partial charge in [0.2, 0.25) is 0 Å². The summed E-state index contributed by atoms with van der Waals surface area (Å²) in [5.74, 6) is 0. The Labute approximate surface area is 92.1 Å². The fourth-order valence-corrected chi connectivity index (χ4v) is 2.77. The van der Waals surface area contributed by atoms with Crippen LogP contribution >= 0.6 is 0 Å². The molecule has 0 aromatic rings. The van der Waals surface area contributed by atoms with Crippen LogP contribution in [0.2, 0.25) is 0 Å². The molecule has 2 heterocycles. The topological polar surface area (TPSA) is 50.5 Å². The number of nitrogens with two attached hydrogens (primary N) is 1. The molecule has 2 saturated heterocycles. The van der Waals surface area contributed by atoms with Crippen LogP contribution in [0, 0.1) is 0 Å². The lowest BCUT2D eigenvalue weighted by atomic mass is 9.96. The van der Waals surface area contributed by atoms with Crippen LogP contribution in [-0.4, -0.2) is 56.4 Å². The van der Waals surface area contributed by atoms with Crippen LogP contribution in [0.25, 0.3) is 0 Å². The molecule has 88 valence electrons. The quantitative estimate of drug-likeness (QED) is 0.666. The van der Waals surface area contributed by atoms with Gasteiger partial charge in [0.1, 0.15) is 0 Å². The zero-order valence-corrected chi connectivity index (χ0v) is 9.61. The molecule has 0 radical (unpaired) electrons. The molecular formula is C11H23N3O. The summed E-state index contributed by atoms with van der Waals surface area (Å²) in [5.41, 5.74) is 6.14. The summed E-state index contributed by atoms with van der Waals surface area (Å²) in [7, 11) is 1.82. The van der Waals surface area contributed by atoms with Gasteiger partial charge in [0.05, 0.1) is 6.10 Å². The van der Waals surface area contributed by atoms with E-state index in [0.717, 1.165) is 39.0 Å². The number of nitrogens with one attached hydrogen (secondary N) is 1. The summed E-state index contributed by atoms with van der Waals surface area (Å²) in [4.78, 5) is 2.56. The Morgan fingerprint density at radius 2 is 2.00 bits per heavy atom. The standard InChI is InChI=1S/C11H23N3O/c1-15-9-3-6-14(7-4-9)11-2-5-13-8-10(11)12/h9-11,13H,2-8,12H2,1H3. The average molecular weight is 213 g/mol. The third kappa shape index (κ3) is 2.69. The highest BCUT2D eigenvalue weighted by atomic mass is 16.5. The fraction of sp³-hybridized carbons (Fsp3) is 1.00. The number of ether oxygens (including phenoxy) is 1. The fourth-order valence-electron chi connectivity index (χ4n) is 2.77. The Balaban J connectivity index is 1.83. The summed E-state index contributed by atoms with van der Waals surface area (Å²) >= 11 is 0. The molecule has 15 heavy (non-hydrogen) atoms. The predicted molar refractivity (Wildman–Crippen MR) is 60.9 cm³/mol. The van der Waals surface area contributed by atoms with Crippen LogP contribution in [0.1, 0.15) is 19.3 Å². The highest BCUT2D eigenvalue weighted by molar-refractivity contribution is 4.90. The van der Waals surface area contributed by atoms with Gasteiger partial charge in [-0.25, -0.2) is 0 Å². The van der Waals surface area contributed by atoms with E-state index in [2.05, 4.69) is 10.2 Å². The van der Waals surface area contributed by atoms with Crippen molar-refractivity contribution in [2.75, 3.05) is 33.3 Å². The Hall–Kier alpha value is -0.160. The predicted octanol–water partition coefficient (Wildman–Crippen LogP) is -0.214. The number of methoxy groups -OCH3 is 1. The maximum absolute atomic E-state index is 6.14. The van der Waals surface area contributed by atoms with Gasteiger partial charge in [-0.3, -0.25) is 4.90 Å². The minimum atomic E-state index is 0.304. The van der Waals surface area contributed by atoms with Gasteiger partial charge in [-0.2, -0.15) is 0 Å². The van der Waals surface area contributed by atoms with Gasteiger partial charge in [-0.05, 0) is 25.8 Å². The molecule has 2 fully saturated rings. The lowest BCUT2D eigenvalue weighted by Gasteiger charge is -2.42. The van der Waals surface area contributed by atoms with Crippen LogP contribution in [0.3, 0.4) is 0 Å². The summed E-state index contributed by atoms with van der Waals surface area (Å²) in [6, 6.07) is 0.891. The van der Waals surface area contributed by atoms with Gasteiger partial charge in [0, 0.05) is 38.8 Å². The molecule has 2 aliphatic rings. The normalized spacial score (nSPS) is 35.6. The van der Waals surface area contributed by atoms with Crippen LogP contribution in [-0.2, 0) is 4.74 Å². The van der Waals surface area contributed by atoms with Gasteiger partial charge in [0.15, 0.2) is 0 Å². The van der Waals surface area contributed by atoms with Crippen molar-refractivity contribution >= 4 is 0 Å². The van der Waals surface area contributed by atoms with Crippen LogP contribution in [0.5, 0.6) is 0 Å². The first kappa shape index (κ1) is 11.3. The molecule has 2 unspecified atom stereocenters. The summed E-state index contributed by atoms with van der Waals surface area (Å²) in [5, 5.41) is 3.35. The van der Waals surface area contributed by atoms with Crippen molar-refractivity contribution in [1.82, 2.24) is 10.2 Å². The van der Waals surface area contributed by atoms with Crippen molar-refractivity contribution in [3.8, 4) is 0 Å². The molecule has 2 rings (SSSR count). The molecule has 0 aromatic heterocycles. The third-order valence-electron chi connectivity index (χ3n) is 3.77. The van der Waals surface area contributed by atoms with Crippen LogP contribution < -0.4 is 11.1 Å². The monoisotopic (exact) mass is 213 g/mol. The summed E-state index contributed by atoms with van der Waals surface area (Å²) in [6.07, 6.45) is 3.98. The van der Waals surface area contributed by atoms with Crippen molar-refractivity contribution in [3.05, 3.63) is 0 Å². The van der Waals surface area contributed by atoms with E-state index >= 15 is 0 Å². The molecule has 2 atom stereocenters. The van der Waals surface area contributed by atoms with Crippen molar-refractivity contribution in [2.45, 2.75) is 37.5 Å². The van der Waals surface area contributed by atoms with Crippen molar-refractivity contribution in [1.29, 1.82) is 0 Å². The minimum Gasteiger partial charge on any atom is -0.381 e. The lowest BCUT2D eigenvalue weighted by Crippen LogP contribution is -2.58. The molecule has 3 N–H and O–H groups in total. The Morgan fingerprint density at radius 1 is 1.27 bits per heavy atom. The Morgan fingerprint density at radius 3 is 2.60 bits per heavy atom. The number of hydrogen-bond donors (Lipinski definition) is 2. The first-order valence-electron chi connectivity index (χ1n) is 6.04. The van der Waals surface area contributed by atoms with E-state index in [0.29, 0.717) is 18.2 Å². The van der Waals surface area contributed by atoms with E-state index < -0.39 is 0 Å². The van der Waals surface area contributed by atoms with Gasteiger partial charge in [-0.1, -0.05) is 0 Å². The average Bonchev–Trinajstić information content (AvgIpc) is 2.30. The maximum Gasteiger partial charge on any atom is 0.0595 e. The van der Waals surface area contributed by atoms with Crippen molar-refractivity contribution < 1.29 is 4.74 Å². The van der Waals surface area contributed by atoms with Gasteiger partial charge < -0.3 is 15.8 Å². The molecule has 0 bridgehead atoms. The smallest absolute Gasteiger partial charge is 0.0595 e. The molecule has 0 aromatic carbocycles. The van der Waals surface area contributed by atoms with Gasteiger partial charge in [-0.15, -0.1) is 0 Å². The van der Waals surface area contributed by atoms with E-state index in [1.165, 1.54) is 6.42 Å². The first-order chi connectivity index (χ1) is 7.31. The maximum atomic E-state index is 6.14. The molecule has 2 aliphatic heterocycles. The number of likely N-dealkylation sites (tertiary alicyclic amines) is 1. The van der Waals surface area contributed by atoms with E-state index in [-0.39, 0.29) is 0 Å². The molecule has 0 spiro atoms. The van der Waals surface area contributed by atoms with Crippen molar-refractivity contribution in [3.63, 3.8) is 0 Å². The van der Waals surface area contributed by atoms with Gasteiger partial charge >= 0.3 is 0 Å². The number of nitrogens with zero attached hydrogens (tertiary/aromatic N) is 1. The second kappa shape index (κ2) is 5.25. The second-order valence-corrected chi connectivity index (χ2v) is 4.70. The number of piperidine rings is 2. The highest BCUT2D eigenvalue weighted by Crippen LogP contribution is 2.19. The van der Waals surface area contributed by atoms with Gasteiger partial charge in [0.25, 0.3) is 0 Å². The molecule has 0 amide bonds. The summed E-state index contributed by atoms with van der Waals surface area (Å²) in [6.45, 7) is 4.38. The summed E-state index contributed by atoms with van der Waals surface area (Å²) < 4.78 is 5.38. The zero-order chi connectivity index (χ0) is 10.7. The molecule has 4 heteroatoms. The minimum absolute atomic E-state index is 0.304.